The number of aliphatic hydroxyl groups excluding tert-OH is 4. The summed E-state index contributed by atoms with van der Waals surface area (Å²) in [5.74, 6) is 0. The summed E-state index contributed by atoms with van der Waals surface area (Å²) in [4.78, 5) is 0. The van der Waals surface area contributed by atoms with E-state index in [0.29, 0.717) is 6.61 Å². The van der Waals surface area contributed by atoms with Crippen LogP contribution in [-0.2, 0) is 9.47 Å². The first-order valence-electron chi connectivity index (χ1n) is 5.54. The number of ether oxygens (including phenoxy) is 2. The van der Waals surface area contributed by atoms with Crippen LogP contribution >= 0.6 is 0 Å². The summed E-state index contributed by atoms with van der Waals surface area (Å²) in [6, 6.07) is 0. The van der Waals surface area contributed by atoms with Crippen LogP contribution in [0.3, 0.4) is 0 Å². The van der Waals surface area contributed by atoms with E-state index in [4.69, 9.17) is 14.6 Å². The minimum atomic E-state index is -1.36. The van der Waals surface area contributed by atoms with Crippen LogP contribution in [0.25, 0.3) is 0 Å². The Kier molecular flexibility index (Phi) is 5.60. The minimum absolute atomic E-state index is 0.402. The first-order chi connectivity index (χ1) is 7.61. The van der Waals surface area contributed by atoms with E-state index in [1.807, 2.05) is 6.92 Å². The molecule has 1 fully saturated rings. The molecule has 4 N–H and O–H groups in total. The number of aliphatic hydroxyl groups is 4. The predicted molar refractivity (Wildman–Crippen MR) is 54.6 cm³/mol. The summed E-state index contributed by atoms with van der Waals surface area (Å²) < 4.78 is 10.4. The highest BCUT2D eigenvalue weighted by Gasteiger charge is 2.43. The third kappa shape index (κ3) is 3.13. The fourth-order valence-corrected chi connectivity index (χ4v) is 1.55. The van der Waals surface area contributed by atoms with Crippen LogP contribution in [0.15, 0.2) is 0 Å². The zero-order valence-corrected chi connectivity index (χ0v) is 9.32. The van der Waals surface area contributed by atoms with Gasteiger partial charge in [0.1, 0.15) is 24.4 Å². The zero-order chi connectivity index (χ0) is 12.1. The van der Waals surface area contributed by atoms with Crippen molar-refractivity contribution in [3.63, 3.8) is 0 Å². The highest BCUT2D eigenvalue weighted by molar-refractivity contribution is 4.88. The van der Waals surface area contributed by atoms with Crippen LogP contribution in [0.4, 0.5) is 0 Å². The molecule has 1 aliphatic heterocycles. The highest BCUT2D eigenvalue weighted by Crippen LogP contribution is 2.21. The van der Waals surface area contributed by atoms with Crippen LogP contribution in [0.5, 0.6) is 0 Å². The molecule has 0 amide bonds. The van der Waals surface area contributed by atoms with E-state index in [-0.39, 0.29) is 0 Å². The normalized spacial score (nSPS) is 39.9. The summed E-state index contributed by atoms with van der Waals surface area (Å²) in [6.07, 6.45) is -4.13. The van der Waals surface area contributed by atoms with Gasteiger partial charge in [0.25, 0.3) is 0 Å². The Hall–Kier alpha value is -0.240. The molecule has 0 saturated carbocycles. The van der Waals surface area contributed by atoms with Gasteiger partial charge in [-0.15, -0.1) is 0 Å². The van der Waals surface area contributed by atoms with E-state index in [1.165, 1.54) is 0 Å². The first-order valence-corrected chi connectivity index (χ1v) is 5.54. The van der Waals surface area contributed by atoms with Gasteiger partial charge in [-0.05, 0) is 6.42 Å². The summed E-state index contributed by atoms with van der Waals surface area (Å²) in [6.45, 7) is 1.97. The van der Waals surface area contributed by atoms with E-state index in [0.717, 1.165) is 12.8 Å². The van der Waals surface area contributed by atoms with Crippen molar-refractivity contribution in [2.45, 2.75) is 50.5 Å². The van der Waals surface area contributed by atoms with Crippen molar-refractivity contribution in [1.29, 1.82) is 0 Å². The predicted octanol–water partition coefficient (Wildman–Crippen LogP) is -1.40. The van der Waals surface area contributed by atoms with Crippen molar-refractivity contribution >= 4 is 0 Å². The van der Waals surface area contributed by atoms with Gasteiger partial charge in [0, 0.05) is 6.61 Å². The number of unbranched alkanes of at least 4 members (excludes halogenated alkanes) is 1. The lowest BCUT2D eigenvalue weighted by Crippen LogP contribution is -2.59. The van der Waals surface area contributed by atoms with Gasteiger partial charge in [-0.25, -0.2) is 0 Å². The van der Waals surface area contributed by atoms with E-state index < -0.39 is 37.3 Å². The first kappa shape index (κ1) is 13.8. The van der Waals surface area contributed by atoms with Gasteiger partial charge in [-0.3, -0.25) is 0 Å². The summed E-state index contributed by atoms with van der Waals surface area (Å²) in [5, 5.41) is 37.5. The largest absolute Gasteiger partial charge is 0.394 e. The van der Waals surface area contributed by atoms with Gasteiger partial charge in [0.2, 0.25) is 0 Å². The Balaban J connectivity index is 2.50. The molecule has 1 heterocycles. The van der Waals surface area contributed by atoms with Gasteiger partial charge < -0.3 is 29.9 Å². The molecular weight excluding hydrogens is 216 g/mol. The fourth-order valence-electron chi connectivity index (χ4n) is 1.55. The van der Waals surface area contributed by atoms with E-state index in [2.05, 4.69) is 0 Å². The van der Waals surface area contributed by atoms with E-state index >= 15 is 0 Å². The molecule has 1 rings (SSSR count). The van der Waals surface area contributed by atoms with Gasteiger partial charge in [0.05, 0.1) is 6.61 Å². The Morgan fingerprint density at radius 1 is 1.12 bits per heavy atom. The lowest BCUT2D eigenvalue weighted by atomic mass is 9.99. The third-order valence-electron chi connectivity index (χ3n) is 2.63. The molecule has 0 spiro atoms. The Morgan fingerprint density at radius 3 is 2.38 bits per heavy atom. The molecule has 0 unspecified atom stereocenters. The summed E-state index contributed by atoms with van der Waals surface area (Å²) in [5.41, 5.74) is 0. The SMILES string of the molecule is CCCCO[C@@H]1O[C@H](CO)[C@@H](O)[C@H](O)[C@H]1O. The van der Waals surface area contributed by atoms with Gasteiger partial charge in [-0.2, -0.15) is 0 Å². The van der Waals surface area contributed by atoms with Gasteiger partial charge in [-0.1, -0.05) is 13.3 Å². The molecule has 0 radical (unpaired) electrons. The molecule has 0 aliphatic carbocycles. The second-order valence-corrected chi connectivity index (χ2v) is 3.92. The third-order valence-corrected chi connectivity index (χ3v) is 2.63. The second kappa shape index (κ2) is 6.48. The molecule has 1 saturated heterocycles. The molecular formula is C10H20O6. The van der Waals surface area contributed by atoms with Crippen LogP contribution in [0.1, 0.15) is 19.8 Å². The maximum atomic E-state index is 9.58. The molecule has 6 nitrogen and oxygen atoms in total. The maximum Gasteiger partial charge on any atom is 0.186 e. The molecule has 0 bridgehead atoms. The lowest BCUT2D eigenvalue weighted by molar-refractivity contribution is -0.301. The van der Waals surface area contributed by atoms with E-state index in [9.17, 15) is 15.3 Å². The molecule has 0 aromatic heterocycles. The van der Waals surface area contributed by atoms with Gasteiger partial charge in [0.15, 0.2) is 6.29 Å². The standard InChI is InChI=1S/C10H20O6/c1-2-3-4-15-10-9(14)8(13)7(12)6(5-11)16-10/h6-14H,2-5H2,1H3/t6-,7-,8+,9-,10-/m1/s1. The summed E-state index contributed by atoms with van der Waals surface area (Å²) in [7, 11) is 0. The molecule has 0 aromatic carbocycles. The Morgan fingerprint density at radius 2 is 1.81 bits per heavy atom. The molecule has 1 aliphatic rings. The van der Waals surface area contributed by atoms with Gasteiger partial charge >= 0.3 is 0 Å². The van der Waals surface area contributed by atoms with Crippen molar-refractivity contribution in [1.82, 2.24) is 0 Å². The smallest absolute Gasteiger partial charge is 0.186 e. The molecule has 6 heteroatoms. The Labute approximate surface area is 94.4 Å². The van der Waals surface area contributed by atoms with Crippen molar-refractivity contribution in [3.8, 4) is 0 Å². The van der Waals surface area contributed by atoms with Crippen LogP contribution < -0.4 is 0 Å². The fraction of sp³-hybridized carbons (Fsp3) is 1.00. The molecule has 16 heavy (non-hydrogen) atoms. The van der Waals surface area contributed by atoms with E-state index in [1.54, 1.807) is 0 Å². The quantitative estimate of drug-likeness (QED) is 0.438. The summed E-state index contributed by atoms with van der Waals surface area (Å²) >= 11 is 0. The minimum Gasteiger partial charge on any atom is -0.394 e. The van der Waals surface area contributed by atoms with Crippen LogP contribution in [0.2, 0.25) is 0 Å². The molecule has 5 atom stereocenters. The van der Waals surface area contributed by atoms with Crippen LogP contribution in [0, 0.1) is 0 Å². The van der Waals surface area contributed by atoms with Crippen molar-refractivity contribution in [3.05, 3.63) is 0 Å². The zero-order valence-electron chi connectivity index (χ0n) is 9.32. The maximum absolute atomic E-state index is 9.58. The molecule has 0 aromatic rings. The molecule has 96 valence electrons. The average Bonchev–Trinajstić information content (AvgIpc) is 2.29. The average molecular weight is 236 g/mol. The monoisotopic (exact) mass is 236 g/mol. The number of rotatable bonds is 5. The number of hydrogen-bond acceptors (Lipinski definition) is 6. The van der Waals surface area contributed by atoms with Crippen LogP contribution in [-0.4, -0.2) is 64.3 Å². The van der Waals surface area contributed by atoms with Crippen molar-refractivity contribution in [2.24, 2.45) is 0 Å². The van der Waals surface area contributed by atoms with Crippen molar-refractivity contribution < 1.29 is 29.9 Å². The second-order valence-electron chi connectivity index (χ2n) is 3.92. The highest BCUT2D eigenvalue weighted by atomic mass is 16.7. The topological polar surface area (TPSA) is 99.4 Å². The Bertz CT molecular complexity index is 198. The lowest BCUT2D eigenvalue weighted by Gasteiger charge is -2.39. The van der Waals surface area contributed by atoms with Crippen molar-refractivity contribution in [2.75, 3.05) is 13.2 Å². The number of hydrogen-bond donors (Lipinski definition) is 4.